The Bertz CT molecular complexity index is 993. The molecule has 1 unspecified atom stereocenters. The average Bonchev–Trinajstić information content (AvgIpc) is 2.83. The Morgan fingerprint density at radius 3 is 2.24 bits per heavy atom. The van der Waals surface area contributed by atoms with Crippen molar-refractivity contribution in [2.45, 2.75) is 32.5 Å². The molecule has 0 heterocycles. The molecule has 5 nitrogen and oxygen atoms in total. The van der Waals surface area contributed by atoms with Crippen LogP contribution in [0.5, 0.6) is 5.75 Å². The van der Waals surface area contributed by atoms with E-state index < -0.39 is 30.3 Å². The average molecular weight is 475 g/mol. The highest BCUT2D eigenvalue weighted by atomic mass is 19.4. The van der Waals surface area contributed by atoms with E-state index in [0.29, 0.717) is 30.0 Å². The van der Waals surface area contributed by atoms with Crippen LogP contribution in [0.4, 0.5) is 18.9 Å². The van der Waals surface area contributed by atoms with Gasteiger partial charge in [0, 0.05) is 12.1 Å². The molecular weight excluding hydrogens is 445 g/mol. The van der Waals surface area contributed by atoms with Crippen LogP contribution in [0.25, 0.3) is 5.57 Å². The number of allylic oxidation sites excluding steroid dienone is 4. The predicted octanol–water partition coefficient (Wildman–Crippen LogP) is 4.73. The predicted molar refractivity (Wildman–Crippen MR) is 129 cm³/mol. The lowest BCUT2D eigenvalue weighted by atomic mass is 10.0. The summed E-state index contributed by atoms with van der Waals surface area (Å²) < 4.78 is 44.4. The Kier molecular flexibility index (Phi) is 11.6. The third-order valence-corrected chi connectivity index (χ3v) is 4.73. The van der Waals surface area contributed by atoms with Gasteiger partial charge in [0.25, 0.3) is 0 Å². The number of nitrogens with two attached hydrogens (primary N) is 1. The van der Waals surface area contributed by atoms with Crippen molar-refractivity contribution in [1.82, 2.24) is 0 Å². The summed E-state index contributed by atoms with van der Waals surface area (Å²) in [6, 6.07) is 13.1. The first-order valence-electron chi connectivity index (χ1n) is 10.4. The molecule has 2 rings (SSSR count). The van der Waals surface area contributed by atoms with Gasteiger partial charge in [0.2, 0.25) is 5.91 Å². The lowest BCUT2D eigenvalue weighted by molar-refractivity contribution is -0.118. The second kappa shape index (κ2) is 13.9. The lowest BCUT2D eigenvalue weighted by Crippen LogP contribution is -2.38. The van der Waals surface area contributed by atoms with Gasteiger partial charge in [0.05, 0.1) is 18.8 Å². The number of carbonyl (C=O) groups excluding carboxylic acids is 1. The highest BCUT2D eigenvalue weighted by molar-refractivity contribution is 5.94. The van der Waals surface area contributed by atoms with Crippen molar-refractivity contribution in [2.24, 2.45) is 5.73 Å². The van der Waals surface area contributed by atoms with Crippen molar-refractivity contribution in [3.05, 3.63) is 77.4 Å². The molecule has 1 atom stereocenters. The van der Waals surface area contributed by atoms with E-state index in [4.69, 9.17) is 15.6 Å². The number of halogens is 3. The fourth-order valence-electron chi connectivity index (χ4n) is 2.82. The van der Waals surface area contributed by atoms with E-state index in [1.54, 1.807) is 43.3 Å². The van der Waals surface area contributed by atoms with E-state index in [-0.39, 0.29) is 0 Å². The number of anilines is 1. The third-order valence-electron chi connectivity index (χ3n) is 4.73. The number of amides is 1. The van der Waals surface area contributed by atoms with E-state index in [1.165, 1.54) is 6.92 Å². The first kappa shape index (κ1) is 28.5. The molecule has 0 radical (unpaired) electrons. The Hall–Kier alpha value is -3.54. The van der Waals surface area contributed by atoms with Gasteiger partial charge in [-0.3, -0.25) is 4.79 Å². The molecule has 0 saturated heterocycles. The normalized spacial score (nSPS) is 12.9. The van der Waals surface area contributed by atoms with Gasteiger partial charge in [-0.1, -0.05) is 30.3 Å². The molecule has 34 heavy (non-hydrogen) atoms. The highest BCUT2D eigenvalue weighted by Gasteiger charge is 2.31. The maximum Gasteiger partial charge on any atom is 0.416 e. The molecule has 0 aliphatic rings. The Balaban J connectivity index is 0.00000281. The summed E-state index contributed by atoms with van der Waals surface area (Å²) in [7, 11) is 0. The minimum atomic E-state index is -4.37. The van der Waals surface area contributed by atoms with Crippen LogP contribution in [0, 0.1) is 12.8 Å². The number of terminal acetylenes is 1. The second-order valence-electron chi connectivity index (χ2n) is 7.17. The molecule has 8 heteroatoms. The van der Waals surface area contributed by atoms with Crippen LogP contribution < -0.4 is 15.8 Å². The van der Waals surface area contributed by atoms with Gasteiger partial charge < -0.3 is 20.9 Å². The molecule has 1 amide bonds. The third kappa shape index (κ3) is 9.14. The zero-order valence-corrected chi connectivity index (χ0v) is 19.1. The van der Waals surface area contributed by atoms with Gasteiger partial charge in [0.1, 0.15) is 11.8 Å². The standard InChI is InChI=1S/C24H27F3N2O3.C2H2/c1-3-19(24(25,26)27)14-16(2)18-6-4-17(5-7-18)12-13-32-21-10-8-20(9-11-21)29-23(31)22(28)15-30;1-2/h3-11,14,22,30H,12-13,15,28H2,1-2H3,(H,29,31);1-2H/b16-14+,19-3+;. The number of carbonyl (C=O) groups is 1. The lowest BCUT2D eigenvalue weighted by Gasteiger charge is -2.11. The van der Waals surface area contributed by atoms with Gasteiger partial charge in [-0.05, 0) is 60.9 Å². The zero-order chi connectivity index (χ0) is 25.7. The summed E-state index contributed by atoms with van der Waals surface area (Å²) >= 11 is 0. The number of alkyl halides is 3. The van der Waals surface area contributed by atoms with Crippen molar-refractivity contribution in [3.63, 3.8) is 0 Å². The quantitative estimate of drug-likeness (QED) is 0.363. The number of aliphatic hydroxyl groups is 1. The molecule has 0 bridgehead atoms. The molecule has 182 valence electrons. The molecule has 0 aromatic heterocycles. The summed E-state index contributed by atoms with van der Waals surface area (Å²) in [5, 5.41) is 11.5. The fourth-order valence-corrected chi connectivity index (χ4v) is 2.82. The second-order valence-corrected chi connectivity index (χ2v) is 7.17. The van der Waals surface area contributed by atoms with Crippen molar-refractivity contribution >= 4 is 17.2 Å². The number of ether oxygens (including phenoxy) is 1. The van der Waals surface area contributed by atoms with Crippen LogP contribution in [0.15, 0.2) is 66.3 Å². The largest absolute Gasteiger partial charge is 0.493 e. The molecule has 0 saturated carbocycles. The van der Waals surface area contributed by atoms with E-state index in [9.17, 15) is 18.0 Å². The topological polar surface area (TPSA) is 84.6 Å². The van der Waals surface area contributed by atoms with Gasteiger partial charge in [-0.25, -0.2) is 0 Å². The number of hydrogen-bond acceptors (Lipinski definition) is 4. The minimum Gasteiger partial charge on any atom is -0.493 e. The SMILES string of the molecule is C#C.C/C=C(\C=C(/C)c1ccc(CCOc2ccc(NC(=O)C(N)CO)cc2)cc1)C(F)(F)F. The Morgan fingerprint density at radius 1 is 1.15 bits per heavy atom. The molecule has 0 aliphatic carbocycles. The number of benzene rings is 2. The summed E-state index contributed by atoms with van der Waals surface area (Å²) in [5.41, 5.74) is 7.56. The molecule has 0 aliphatic heterocycles. The van der Waals surface area contributed by atoms with Crippen LogP contribution in [0.2, 0.25) is 0 Å². The summed E-state index contributed by atoms with van der Waals surface area (Å²) in [6.45, 7) is 2.99. The fraction of sp³-hybridized carbons (Fsp3) is 0.269. The maximum atomic E-state index is 12.9. The van der Waals surface area contributed by atoms with Crippen LogP contribution >= 0.6 is 0 Å². The van der Waals surface area contributed by atoms with E-state index in [2.05, 4.69) is 18.2 Å². The van der Waals surface area contributed by atoms with Gasteiger partial charge in [-0.2, -0.15) is 13.2 Å². The van der Waals surface area contributed by atoms with Crippen LogP contribution in [0.1, 0.15) is 25.0 Å². The number of nitrogens with one attached hydrogen (secondary N) is 1. The molecular formula is C26H29F3N2O3. The number of rotatable bonds is 9. The van der Waals surface area contributed by atoms with Gasteiger partial charge in [0.15, 0.2) is 0 Å². The monoisotopic (exact) mass is 474 g/mol. The minimum absolute atomic E-state index is 0.409. The van der Waals surface area contributed by atoms with Crippen LogP contribution in [-0.2, 0) is 11.2 Å². The van der Waals surface area contributed by atoms with E-state index in [1.807, 2.05) is 12.1 Å². The van der Waals surface area contributed by atoms with Crippen molar-refractivity contribution in [2.75, 3.05) is 18.5 Å². The van der Waals surface area contributed by atoms with Crippen LogP contribution in [-0.4, -0.2) is 36.4 Å². The summed E-state index contributed by atoms with van der Waals surface area (Å²) in [6.07, 6.45) is 6.44. The first-order valence-corrected chi connectivity index (χ1v) is 10.4. The smallest absolute Gasteiger partial charge is 0.416 e. The highest BCUT2D eigenvalue weighted by Crippen LogP contribution is 2.29. The molecule has 4 N–H and O–H groups in total. The number of hydrogen-bond donors (Lipinski definition) is 3. The van der Waals surface area contributed by atoms with Crippen molar-refractivity contribution in [3.8, 4) is 18.6 Å². The Labute approximate surface area is 198 Å². The van der Waals surface area contributed by atoms with Gasteiger partial charge >= 0.3 is 6.18 Å². The molecule has 2 aromatic carbocycles. The van der Waals surface area contributed by atoms with Crippen LogP contribution in [0.3, 0.4) is 0 Å². The van der Waals surface area contributed by atoms with E-state index >= 15 is 0 Å². The molecule has 0 spiro atoms. The molecule has 0 fully saturated rings. The maximum absolute atomic E-state index is 12.9. The first-order chi connectivity index (χ1) is 16.1. The summed E-state index contributed by atoms with van der Waals surface area (Å²) in [5.74, 6) is 0.144. The molecule has 2 aromatic rings. The van der Waals surface area contributed by atoms with Crippen molar-refractivity contribution in [1.29, 1.82) is 0 Å². The zero-order valence-electron chi connectivity index (χ0n) is 19.1. The van der Waals surface area contributed by atoms with Crippen molar-refractivity contribution < 1.29 is 27.8 Å². The van der Waals surface area contributed by atoms with E-state index in [0.717, 1.165) is 23.3 Å². The summed E-state index contributed by atoms with van der Waals surface area (Å²) in [4.78, 5) is 11.7. The number of aliphatic hydroxyl groups excluding tert-OH is 1. The van der Waals surface area contributed by atoms with Gasteiger partial charge in [-0.15, -0.1) is 12.8 Å². The Morgan fingerprint density at radius 2 is 1.74 bits per heavy atom.